The summed E-state index contributed by atoms with van der Waals surface area (Å²) in [6.45, 7) is 3.52. The Bertz CT molecular complexity index is 475. The van der Waals surface area contributed by atoms with Crippen molar-refractivity contribution in [2.24, 2.45) is 5.73 Å². The highest BCUT2D eigenvalue weighted by Crippen LogP contribution is 2.12. The van der Waals surface area contributed by atoms with Crippen LogP contribution in [-0.2, 0) is 13.1 Å². The van der Waals surface area contributed by atoms with Gasteiger partial charge in [-0.15, -0.1) is 0 Å². The van der Waals surface area contributed by atoms with Crippen LogP contribution in [0.25, 0.3) is 0 Å². The monoisotopic (exact) mass is 226 g/mol. The third kappa shape index (κ3) is 3.33. The quantitative estimate of drug-likeness (QED) is 0.840. The van der Waals surface area contributed by atoms with Gasteiger partial charge in [-0.2, -0.15) is 0 Å². The summed E-state index contributed by atoms with van der Waals surface area (Å²) >= 11 is 0. The maximum Gasteiger partial charge on any atom is 0.0400 e. The third-order valence-electron chi connectivity index (χ3n) is 2.78. The summed E-state index contributed by atoms with van der Waals surface area (Å²) in [6.07, 6.45) is 0. The number of nitrogens with one attached hydrogen (secondary N) is 1. The van der Waals surface area contributed by atoms with E-state index in [1.807, 2.05) is 12.1 Å². The van der Waals surface area contributed by atoms with Crippen molar-refractivity contribution in [3.05, 3.63) is 65.2 Å². The normalized spacial score (nSPS) is 10.2. The van der Waals surface area contributed by atoms with E-state index in [0.29, 0.717) is 6.54 Å². The Balaban J connectivity index is 1.99. The molecule has 0 aromatic heterocycles. The highest BCUT2D eigenvalue weighted by Gasteiger charge is 1.95. The number of hydrogen-bond donors (Lipinski definition) is 2. The van der Waals surface area contributed by atoms with Crippen molar-refractivity contribution in [2.75, 3.05) is 5.32 Å². The van der Waals surface area contributed by atoms with Gasteiger partial charge in [0.2, 0.25) is 0 Å². The van der Waals surface area contributed by atoms with Gasteiger partial charge < -0.3 is 11.1 Å². The lowest BCUT2D eigenvalue weighted by molar-refractivity contribution is 1.07. The highest BCUT2D eigenvalue weighted by molar-refractivity contribution is 5.46. The molecule has 0 saturated carbocycles. The molecule has 2 aromatic rings. The van der Waals surface area contributed by atoms with E-state index in [-0.39, 0.29) is 0 Å². The minimum Gasteiger partial charge on any atom is -0.381 e. The first-order chi connectivity index (χ1) is 8.28. The average Bonchev–Trinajstić information content (AvgIpc) is 2.38. The Hall–Kier alpha value is -1.80. The molecule has 2 rings (SSSR count). The predicted molar refractivity (Wildman–Crippen MR) is 72.8 cm³/mol. The van der Waals surface area contributed by atoms with E-state index in [2.05, 4.69) is 48.6 Å². The molecule has 0 amide bonds. The fourth-order valence-corrected chi connectivity index (χ4v) is 1.72. The lowest BCUT2D eigenvalue weighted by Crippen LogP contribution is -2.01. The number of anilines is 1. The Morgan fingerprint density at radius 3 is 2.47 bits per heavy atom. The second-order valence-electron chi connectivity index (χ2n) is 4.24. The lowest BCUT2D eigenvalue weighted by atomic mass is 10.1. The molecule has 88 valence electrons. The van der Waals surface area contributed by atoms with E-state index in [1.165, 1.54) is 11.1 Å². The second kappa shape index (κ2) is 5.51. The van der Waals surface area contributed by atoms with Crippen molar-refractivity contribution in [2.45, 2.75) is 20.0 Å². The Morgan fingerprint density at radius 1 is 1.00 bits per heavy atom. The third-order valence-corrected chi connectivity index (χ3v) is 2.78. The van der Waals surface area contributed by atoms with Gasteiger partial charge in [-0.05, 0) is 30.2 Å². The molecule has 2 heteroatoms. The number of nitrogens with two attached hydrogens (primary N) is 1. The molecule has 17 heavy (non-hydrogen) atoms. The zero-order chi connectivity index (χ0) is 12.1. The number of hydrogen-bond acceptors (Lipinski definition) is 2. The summed E-state index contributed by atoms with van der Waals surface area (Å²) in [4.78, 5) is 0. The van der Waals surface area contributed by atoms with Crippen LogP contribution in [0, 0.1) is 6.92 Å². The smallest absolute Gasteiger partial charge is 0.0400 e. The lowest BCUT2D eigenvalue weighted by Gasteiger charge is -2.08. The van der Waals surface area contributed by atoms with Crippen LogP contribution >= 0.6 is 0 Å². The standard InChI is InChI=1S/C15H18N2/c1-12-5-7-13(8-6-12)11-17-15-4-2-3-14(9-15)10-16/h2-9,17H,10-11,16H2,1H3. The van der Waals surface area contributed by atoms with Crippen molar-refractivity contribution < 1.29 is 0 Å². The molecule has 0 aliphatic rings. The molecule has 3 N–H and O–H groups in total. The van der Waals surface area contributed by atoms with Gasteiger partial charge in [0, 0.05) is 18.8 Å². The maximum absolute atomic E-state index is 5.61. The second-order valence-corrected chi connectivity index (χ2v) is 4.24. The molecule has 2 nitrogen and oxygen atoms in total. The molecule has 0 atom stereocenters. The van der Waals surface area contributed by atoms with E-state index < -0.39 is 0 Å². The zero-order valence-electron chi connectivity index (χ0n) is 10.1. The molecule has 0 heterocycles. The largest absolute Gasteiger partial charge is 0.381 e. The first-order valence-corrected chi connectivity index (χ1v) is 5.86. The van der Waals surface area contributed by atoms with Crippen LogP contribution in [0.5, 0.6) is 0 Å². The minimum absolute atomic E-state index is 0.583. The van der Waals surface area contributed by atoms with Crippen molar-refractivity contribution in [1.29, 1.82) is 0 Å². The first-order valence-electron chi connectivity index (χ1n) is 5.86. The summed E-state index contributed by atoms with van der Waals surface area (Å²) < 4.78 is 0. The molecule has 0 saturated heterocycles. The van der Waals surface area contributed by atoms with Crippen LogP contribution in [0.2, 0.25) is 0 Å². The molecule has 0 bridgehead atoms. The van der Waals surface area contributed by atoms with E-state index in [0.717, 1.165) is 17.8 Å². The molecular weight excluding hydrogens is 208 g/mol. The van der Waals surface area contributed by atoms with Crippen LogP contribution in [0.4, 0.5) is 5.69 Å². The molecule has 0 unspecified atom stereocenters. The molecule has 0 aliphatic heterocycles. The summed E-state index contributed by atoms with van der Waals surface area (Å²) in [5.41, 5.74) is 10.5. The minimum atomic E-state index is 0.583. The molecular formula is C15H18N2. The maximum atomic E-state index is 5.61. The van der Waals surface area contributed by atoms with Crippen LogP contribution in [-0.4, -0.2) is 0 Å². The van der Waals surface area contributed by atoms with Crippen LogP contribution in [0.15, 0.2) is 48.5 Å². The van der Waals surface area contributed by atoms with Crippen LogP contribution in [0.3, 0.4) is 0 Å². The molecule has 0 fully saturated rings. The SMILES string of the molecule is Cc1ccc(CNc2cccc(CN)c2)cc1. The fraction of sp³-hybridized carbons (Fsp3) is 0.200. The van der Waals surface area contributed by atoms with E-state index in [1.54, 1.807) is 0 Å². The van der Waals surface area contributed by atoms with Crippen molar-refractivity contribution in [3.63, 3.8) is 0 Å². The predicted octanol–water partition coefficient (Wildman–Crippen LogP) is 3.07. The number of aryl methyl sites for hydroxylation is 1. The van der Waals surface area contributed by atoms with Crippen LogP contribution < -0.4 is 11.1 Å². The Labute approximate surface area is 102 Å². The van der Waals surface area contributed by atoms with Gasteiger partial charge in [0.15, 0.2) is 0 Å². The van der Waals surface area contributed by atoms with Gasteiger partial charge in [0.05, 0.1) is 0 Å². The summed E-state index contributed by atoms with van der Waals surface area (Å²) in [7, 11) is 0. The van der Waals surface area contributed by atoms with Gasteiger partial charge in [0.1, 0.15) is 0 Å². The highest BCUT2D eigenvalue weighted by atomic mass is 14.9. The van der Waals surface area contributed by atoms with Gasteiger partial charge in [-0.25, -0.2) is 0 Å². The summed E-state index contributed by atoms with van der Waals surface area (Å²) in [5, 5.41) is 3.40. The van der Waals surface area contributed by atoms with E-state index >= 15 is 0 Å². The van der Waals surface area contributed by atoms with E-state index in [9.17, 15) is 0 Å². The average molecular weight is 226 g/mol. The summed E-state index contributed by atoms with van der Waals surface area (Å²) in [5.74, 6) is 0. The molecule has 2 aromatic carbocycles. The molecule has 0 aliphatic carbocycles. The molecule has 0 radical (unpaired) electrons. The van der Waals surface area contributed by atoms with Crippen molar-refractivity contribution >= 4 is 5.69 Å². The summed E-state index contributed by atoms with van der Waals surface area (Å²) in [6, 6.07) is 16.8. The topological polar surface area (TPSA) is 38.0 Å². The van der Waals surface area contributed by atoms with Gasteiger partial charge in [0.25, 0.3) is 0 Å². The Kier molecular flexibility index (Phi) is 3.78. The van der Waals surface area contributed by atoms with Gasteiger partial charge >= 0.3 is 0 Å². The van der Waals surface area contributed by atoms with Crippen molar-refractivity contribution in [3.8, 4) is 0 Å². The number of benzene rings is 2. The van der Waals surface area contributed by atoms with Crippen LogP contribution in [0.1, 0.15) is 16.7 Å². The Morgan fingerprint density at radius 2 is 1.76 bits per heavy atom. The fourth-order valence-electron chi connectivity index (χ4n) is 1.72. The van der Waals surface area contributed by atoms with E-state index in [4.69, 9.17) is 5.73 Å². The van der Waals surface area contributed by atoms with Gasteiger partial charge in [-0.1, -0.05) is 42.0 Å². The van der Waals surface area contributed by atoms with Crippen molar-refractivity contribution in [1.82, 2.24) is 0 Å². The number of rotatable bonds is 4. The first kappa shape index (κ1) is 11.7. The zero-order valence-corrected chi connectivity index (χ0v) is 10.1. The molecule has 0 spiro atoms. The van der Waals surface area contributed by atoms with Gasteiger partial charge in [-0.3, -0.25) is 0 Å².